The maximum absolute atomic E-state index is 6.29. The van der Waals surface area contributed by atoms with Gasteiger partial charge in [0.1, 0.15) is 5.75 Å². The van der Waals surface area contributed by atoms with Crippen molar-refractivity contribution in [3.63, 3.8) is 0 Å². The number of hydrogen-bond donors (Lipinski definition) is 0. The molecule has 4 heteroatoms. The van der Waals surface area contributed by atoms with Gasteiger partial charge in [-0.25, -0.2) is 0 Å². The van der Waals surface area contributed by atoms with Gasteiger partial charge in [0, 0.05) is 10.6 Å². The number of thioether (sulfide) groups is 2. The molecule has 1 nitrogen and oxygen atoms in total. The first-order chi connectivity index (χ1) is 12.3. The molecule has 0 aliphatic rings. The highest BCUT2D eigenvalue weighted by atomic mass is 35.5. The Labute approximate surface area is 165 Å². The normalized spacial score (nSPS) is 10.8. The van der Waals surface area contributed by atoms with Crippen molar-refractivity contribution in [1.29, 1.82) is 0 Å². The smallest absolute Gasteiger partial charge is 0.120 e. The molecule has 0 heterocycles. The van der Waals surface area contributed by atoms with Crippen molar-refractivity contribution in [2.45, 2.75) is 43.3 Å². The van der Waals surface area contributed by atoms with Crippen LogP contribution in [-0.2, 0) is 5.75 Å². The van der Waals surface area contributed by atoms with Crippen molar-refractivity contribution in [1.82, 2.24) is 0 Å². The fourth-order valence-corrected chi connectivity index (χ4v) is 4.48. The van der Waals surface area contributed by atoms with Crippen LogP contribution in [-0.4, -0.2) is 18.1 Å². The Kier molecular flexibility index (Phi) is 10.3. The third-order valence-corrected chi connectivity index (χ3v) is 6.42. The molecular weight excluding hydrogens is 368 g/mol. The van der Waals surface area contributed by atoms with E-state index in [9.17, 15) is 0 Å². The van der Waals surface area contributed by atoms with Crippen LogP contribution in [0.2, 0.25) is 5.02 Å². The van der Waals surface area contributed by atoms with Gasteiger partial charge in [-0.15, -0.1) is 11.8 Å². The molecule has 0 aliphatic heterocycles. The second-order valence-electron chi connectivity index (χ2n) is 5.89. The summed E-state index contributed by atoms with van der Waals surface area (Å²) in [6.45, 7) is 2.98. The van der Waals surface area contributed by atoms with Gasteiger partial charge in [-0.3, -0.25) is 0 Å². The van der Waals surface area contributed by atoms with Crippen molar-refractivity contribution in [3.8, 4) is 5.75 Å². The minimum absolute atomic E-state index is 0.753. The first kappa shape index (κ1) is 20.5. The van der Waals surface area contributed by atoms with Crippen molar-refractivity contribution in [2.24, 2.45) is 0 Å². The van der Waals surface area contributed by atoms with Gasteiger partial charge in [-0.05, 0) is 48.1 Å². The molecule has 0 aromatic heterocycles. The van der Waals surface area contributed by atoms with Crippen LogP contribution in [0.1, 0.15) is 38.2 Å². The molecule has 0 radical (unpaired) electrons. The molecule has 0 spiro atoms. The van der Waals surface area contributed by atoms with Crippen LogP contribution in [0.4, 0.5) is 0 Å². The van der Waals surface area contributed by atoms with Crippen molar-refractivity contribution < 1.29 is 4.74 Å². The Hall–Kier alpha value is -0.770. The maximum Gasteiger partial charge on any atom is 0.120 e. The molecule has 0 N–H and O–H groups in total. The minimum Gasteiger partial charge on any atom is -0.494 e. The molecule has 25 heavy (non-hydrogen) atoms. The van der Waals surface area contributed by atoms with E-state index in [4.69, 9.17) is 16.3 Å². The molecule has 136 valence electrons. The van der Waals surface area contributed by atoms with Gasteiger partial charge >= 0.3 is 0 Å². The van der Waals surface area contributed by atoms with Crippen molar-refractivity contribution in [3.05, 3.63) is 59.1 Å². The van der Waals surface area contributed by atoms with E-state index in [2.05, 4.69) is 43.3 Å². The summed E-state index contributed by atoms with van der Waals surface area (Å²) in [6, 6.07) is 16.6. The molecule has 0 saturated carbocycles. The molecule has 0 atom stereocenters. The molecule has 0 bridgehead atoms. The van der Waals surface area contributed by atoms with Crippen LogP contribution in [0.25, 0.3) is 0 Å². The SMILES string of the molecule is CCCCCSc1cc(OCCCSCc2ccccc2)ccc1Cl. The van der Waals surface area contributed by atoms with E-state index in [-0.39, 0.29) is 0 Å². The second kappa shape index (κ2) is 12.6. The lowest BCUT2D eigenvalue weighted by Gasteiger charge is -2.09. The van der Waals surface area contributed by atoms with Crippen LogP contribution in [0.15, 0.2) is 53.4 Å². The van der Waals surface area contributed by atoms with E-state index in [0.717, 1.165) is 46.0 Å². The first-order valence-corrected chi connectivity index (χ1v) is 11.5. The van der Waals surface area contributed by atoms with E-state index < -0.39 is 0 Å². The molecule has 0 fully saturated rings. The van der Waals surface area contributed by atoms with Crippen LogP contribution in [0.5, 0.6) is 5.75 Å². The number of benzene rings is 2. The summed E-state index contributed by atoms with van der Waals surface area (Å²) < 4.78 is 5.90. The average molecular weight is 395 g/mol. The van der Waals surface area contributed by atoms with E-state index >= 15 is 0 Å². The third-order valence-electron chi connectivity index (χ3n) is 3.72. The van der Waals surface area contributed by atoms with Crippen LogP contribution in [0.3, 0.4) is 0 Å². The predicted molar refractivity (Wildman–Crippen MR) is 114 cm³/mol. The first-order valence-electron chi connectivity index (χ1n) is 8.96. The average Bonchev–Trinajstić information content (AvgIpc) is 2.64. The van der Waals surface area contributed by atoms with Crippen molar-refractivity contribution >= 4 is 35.1 Å². The lowest BCUT2D eigenvalue weighted by molar-refractivity contribution is 0.318. The molecule has 0 aliphatic carbocycles. The summed E-state index contributed by atoms with van der Waals surface area (Å²) in [5, 5.41) is 0.826. The highest BCUT2D eigenvalue weighted by Gasteiger charge is 2.04. The summed E-state index contributed by atoms with van der Waals surface area (Å²) in [4.78, 5) is 1.13. The Morgan fingerprint density at radius 3 is 2.60 bits per heavy atom. The zero-order valence-electron chi connectivity index (χ0n) is 14.9. The van der Waals surface area contributed by atoms with Crippen LogP contribution >= 0.6 is 35.1 Å². The fourth-order valence-electron chi connectivity index (χ4n) is 2.33. The maximum atomic E-state index is 6.29. The number of unbranched alkanes of at least 4 members (excludes halogenated alkanes) is 2. The standard InChI is InChI=1S/C21H27ClOS2/c1-2-3-7-15-25-21-16-19(11-12-20(21)22)23-13-8-14-24-17-18-9-5-4-6-10-18/h4-6,9-12,16H,2-3,7-8,13-15,17H2,1H3. The van der Waals surface area contributed by atoms with Gasteiger partial charge in [0.15, 0.2) is 0 Å². The fraction of sp³-hybridized carbons (Fsp3) is 0.429. The Bertz CT molecular complexity index is 604. The molecular formula is C21H27ClOS2. The largest absolute Gasteiger partial charge is 0.494 e. The quantitative estimate of drug-likeness (QED) is 0.275. The lowest BCUT2D eigenvalue weighted by atomic mass is 10.2. The third kappa shape index (κ3) is 8.44. The van der Waals surface area contributed by atoms with Gasteiger partial charge in [0.25, 0.3) is 0 Å². The molecule has 2 rings (SSSR count). The van der Waals surface area contributed by atoms with Gasteiger partial charge < -0.3 is 4.74 Å². The number of hydrogen-bond acceptors (Lipinski definition) is 3. The molecule has 0 saturated heterocycles. The second-order valence-corrected chi connectivity index (χ2v) is 8.54. The van der Waals surface area contributed by atoms with Crippen LogP contribution in [0, 0.1) is 0 Å². The van der Waals surface area contributed by atoms with E-state index in [1.807, 2.05) is 35.7 Å². The molecule has 2 aromatic rings. The predicted octanol–water partition coefficient (Wildman–Crippen LogP) is 7.32. The summed E-state index contributed by atoms with van der Waals surface area (Å²) in [6.07, 6.45) is 4.82. The van der Waals surface area contributed by atoms with E-state index in [1.54, 1.807) is 0 Å². The van der Waals surface area contributed by atoms with Gasteiger partial charge in [0.05, 0.1) is 11.6 Å². The Morgan fingerprint density at radius 1 is 0.960 bits per heavy atom. The highest BCUT2D eigenvalue weighted by molar-refractivity contribution is 7.99. The lowest BCUT2D eigenvalue weighted by Crippen LogP contribution is -1.99. The topological polar surface area (TPSA) is 9.23 Å². The molecule has 2 aromatic carbocycles. The summed E-state index contributed by atoms with van der Waals surface area (Å²) in [5.74, 6) is 4.23. The number of halogens is 1. The monoisotopic (exact) mass is 394 g/mol. The van der Waals surface area contributed by atoms with Crippen LogP contribution < -0.4 is 4.74 Å². The number of ether oxygens (including phenoxy) is 1. The van der Waals surface area contributed by atoms with Gasteiger partial charge in [0.2, 0.25) is 0 Å². The zero-order chi connectivity index (χ0) is 17.7. The zero-order valence-corrected chi connectivity index (χ0v) is 17.3. The summed E-state index contributed by atoms with van der Waals surface area (Å²) in [5.41, 5.74) is 1.39. The molecule has 0 amide bonds. The Balaban J connectivity index is 1.64. The minimum atomic E-state index is 0.753. The summed E-state index contributed by atoms with van der Waals surface area (Å²) in [7, 11) is 0. The highest BCUT2D eigenvalue weighted by Crippen LogP contribution is 2.31. The number of rotatable bonds is 12. The van der Waals surface area contributed by atoms with E-state index in [1.165, 1.54) is 24.8 Å². The van der Waals surface area contributed by atoms with Crippen molar-refractivity contribution in [2.75, 3.05) is 18.1 Å². The van der Waals surface area contributed by atoms with E-state index in [0.29, 0.717) is 0 Å². The summed E-state index contributed by atoms with van der Waals surface area (Å²) >= 11 is 10.1. The van der Waals surface area contributed by atoms with Gasteiger partial charge in [-0.1, -0.05) is 61.7 Å². The molecule has 0 unspecified atom stereocenters. The Morgan fingerprint density at radius 2 is 1.80 bits per heavy atom. The van der Waals surface area contributed by atoms with Gasteiger partial charge in [-0.2, -0.15) is 11.8 Å².